The van der Waals surface area contributed by atoms with Crippen molar-refractivity contribution in [2.24, 2.45) is 0 Å². The number of benzene rings is 1. The fourth-order valence-electron chi connectivity index (χ4n) is 1.72. The van der Waals surface area contributed by atoms with Crippen LogP contribution in [0.15, 0.2) is 18.2 Å². The number of carboxylic acid groups (broad SMARTS) is 1. The molecule has 0 fully saturated rings. The molecule has 6 heteroatoms. The maximum atomic E-state index is 10.8. The van der Waals surface area contributed by atoms with Crippen molar-refractivity contribution in [3.05, 3.63) is 23.8 Å². The summed E-state index contributed by atoms with van der Waals surface area (Å²) in [6, 6.07) is 4.24. The second kappa shape index (κ2) is 8.37. The quantitative estimate of drug-likeness (QED) is 0.457. The Morgan fingerprint density at radius 2 is 2.05 bits per heavy atom. The molecule has 0 aliphatic rings. The fourth-order valence-corrected chi connectivity index (χ4v) is 1.94. The molecule has 110 valence electrons. The van der Waals surface area contributed by atoms with Gasteiger partial charge in [0.1, 0.15) is 11.3 Å². The summed E-state index contributed by atoms with van der Waals surface area (Å²) in [7, 11) is 0. The molecule has 0 aliphatic carbocycles. The van der Waals surface area contributed by atoms with Crippen LogP contribution in [0.5, 0.6) is 5.75 Å². The van der Waals surface area contributed by atoms with Crippen molar-refractivity contribution in [2.75, 3.05) is 11.9 Å². The van der Waals surface area contributed by atoms with Crippen molar-refractivity contribution >= 4 is 29.0 Å². The molecule has 0 saturated carbocycles. The Balaban J connectivity index is 2.42. The number of hydrogen-bond donors (Lipinski definition) is 4. The molecule has 0 radical (unpaired) electrons. The second-order valence-corrected chi connectivity index (χ2v) is 4.89. The lowest BCUT2D eigenvalue weighted by atomic mass is 10.2. The highest BCUT2D eigenvalue weighted by Crippen LogP contribution is 2.21. The Labute approximate surface area is 124 Å². The van der Waals surface area contributed by atoms with Gasteiger partial charge in [0.2, 0.25) is 0 Å². The molecule has 0 unspecified atom stereocenters. The number of aromatic hydroxyl groups is 1. The first-order chi connectivity index (χ1) is 9.54. The maximum absolute atomic E-state index is 10.8. The Morgan fingerprint density at radius 3 is 2.65 bits per heavy atom. The Morgan fingerprint density at radius 1 is 1.30 bits per heavy atom. The van der Waals surface area contributed by atoms with Crippen molar-refractivity contribution in [2.45, 2.75) is 32.6 Å². The first kappa shape index (κ1) is 16.2. The zero-order valence-electron chi connectivity index (χ0n) is 11.5. The van der Waals surface area contributed by atoms with Crippen LogP contribution in [0, 0.1) is 0 Å². The third-order valence-electron chi connectivity index (χ3n) is 2.80. The summed E-state index contributed by atoms with van der Waals surface area (Å²) in [6.07, 6.45) is 4.63. The number of carboxylic acids is 1. The molecule has 20 heavy (non-hydrogen) atoms. The van der Waals surface area contributed by atoms with E-state index in [1.165, 1.54) is 31.4 Å². The Bertz CT molecular complexity index is 477. The van der Waals surface area contributed by atoms with Crippen LogP contribution in [0.25, 0.3) is 0 Å². The average molecular weight is 296 g/mol. The molecule has 0 amide bonds. The maximum Gasteiger partial charge on any atom is 0.339 e. The SMILES string of the molecule is CCCCCCNC(=S)Nc1ccc(C(=O)O)c(O)c1. The number of carbonyl (C=O) groups is 1. The van der Waals surface area contributed by atoms with Gasteiger partial charge in [-0.1, -0.05) is 26.2 Å². The van der Waals surface area contributed by atoms with Crippen LogP contribution < -0.4 is 10.6 Å². The molecule has 0 saturated heterocycles. The highest BCUT2D eigenvalue weighted by Gasteiger charge is 2.09. The number of aromatic carboxylic acids is 1. The summed E-state index contributed by atoms with van der Waals surface area (Å²) >= 11 is 5.12. The third-order valence-corrected chi connectivity index (χ3v) is 3.05. The van der Waals surface area contributed by atoms with E-state index < -0.39 is 5.97 Å². The van der Waals surface area contributed by atoms with Gasteiger partial charge >= 0.3 is 5.97 Å². The lowest BCUT2D eigenvalue weighted by Crippen LogP contribution is -2.29. The molecule has 1 aromatic rings. The smallest absolute Gasteiger partial charge is 0.339 e. The van der Waals surface area contributed by atoms with Crippen LogP contribution in [-0.2, 0) is 0 Å². The summed E-state index contributed by atoms with van der Waals surface area (Å²) in [5.41, 5.74) is 0.424. The number of phenols is 1. The van der Waals surface area contributed by atoms with Gasteiger partial charge in [-0.25, -0.2) is 4.79 Å². The number of hydrogen-bond acceptors (Lipinski definition) is 3. The minimum absolute atomic E-state index is 0.131. The van der Waals surface area contributed by atoms with E-state index in [-0.39, 0.29) is 11.3 Å². The van der Waals surface area contributed by atoms with Crippen LogP contribution in [0.1, 0.15) is 43.0 Å². The number of unbranched alkanes of at least 4 members (excludes halogenated alkanes) is 3. The number of nitrogens with one attached hydrogen (secondary N) is 2. The first-order valence-corrected chi connectivity index (χ1v) is 7.06. The molecule has 0 bridgehead atoms. The molecule has 5 nitrogen and oxygen atoms in total. The number of rotatable bonds is 7. The van der Waals surface area contributed by atoms with Crippen LogP contribution in [0.4, 0.5) is 5.69 Å². The lowest BCUT2D eigenvalue weighted by Gasteiger charge is -2.11. The Hall–Kier alpha value is -1.82. The first-order valence-electron chi connectivity index (χ1n) is 6.65. The van der Waals surface area contributed by atoms with Gasteiger partial charge in [0.05, 0.1) is 0 Å². The third kappa shape index (κ3) is 5.44. The van der Waals surface area contributed by atoms with Crippen LogP contribution >= 0.6 is 12.2 Å². The molecule has 0 atom stereocenters. The van der Waals surface area contributed by atoms with Gasteiger partial charge in [-0.05, 0) is 30.8 Å². The molecule has 0 aromatic heterocycles. The predicted octanol–water partition coefficient (Wildman–Crippen LogP) is 2.96. The molecule has 4 N–H and O–H groups in total. The van der Waals surface area contributed by atoms with E-state index in [4.69, 9.17) is 17.3 Å². The Kier molecular flexibility index (Phi) is 6.79. The predicted molar refractivity (Wildman–Crippen MR) is 83.4 cm³/mol. The van der Waals surface area contributed by atoms with E-state index in [1.54, 1.807) is 6.07 Å². The summed E-state index contributed by atoms with van der Waals surface area (Å²) in [6.45, 7) is 2.96. The molecular weight excluding hydrogens is 276 g/mol. The normalized spacial score (nSPS) is 10.1. The zero-order valence-corrected chi connectivity index (χ0v) is 12.3. The average Bonchev–Trinajstić information content (AvgIpc) is 2.38. The van der Waals surface area contributed by atoms with Gasteiger partial charge in [0.25, 0.3) is 0 Å². The molecule has 0 heterocycles. The van der Waals surface area contributed by atoms with Crippen molar-refractivity contribution in [3.63, 3.8) is 0 Å². The van der Waals surface area contributed by atoms with Gasteiger partial charge in [-0.3, -0.25) is 0 Å². The van der Waals surface area contributed by atoms with Crippen molar-refractivity contribution in [3.8, 4) is 5.75 Å². The van der Waals surface area contributed by atoms with Gasteiger partial charge in [-0.2, -0.15) is 0 Å². The van der Waals surface area contributed by atoms with Crippen molar-refractivity contribution in [1.82, 2.24) is 5.32 Å². The van der Waals surface area contributed by atoms with Crippen LogP contribution in [0.3, 0.4) is 0 Å². The van der Waals surface area contributed by atoms with E-state index >= 15 is 0 Å². The van der Waals surface area contributed by atoms with E-state index in [0.717, 1.165) is 13.0 Å². The van der Waals surface area contributed by atoms with E-state index in [0.29, 0.717) is 10.8 Å². The lowest BCUT2D eigenvalue weighted by molar-refractivity contribution is 0.0694. The molecule has 1 rings (SSSR count). The summed E-state index contributed by atoms with van der Waals surface area (Å²) in [5.74, 6) is -1.45. The standard InChI is InChI=1S/C14H20N2O3S/c1-2-3-4-5-8-15-14(20)16-10-6-7-11(13(18)19)12(17)9-10/h6-7,9,17H,2-5,8H2,1H3,(H,18,19)(H2,15,16,20). The van der Waals surface area contributed by atoms with E-state index in [2.05, 4.69) is 17.6 Å². The van der Waals surface area contributed by atoms with Crippen molar-refractivity contribution in [1.29, 1.82) is 0 Å². The summed E-state index contributed by atoms with van der Waals surface area (Å²) in [5, 5.41) is 24.8. The monoisotopic (exact) mass is 296 g/mol. The molecular formula is C14H20N2O3S. The van der Waals surface area contributed by atoms with Gasteiger partial charge in [0.15, 0.2) is 5.11 Å². The second-order valence-electron chi connectivity index (χ2n) is 4.48. The van der Waals surface area contributed by atoms with Gasteiger partial charge < -0.3 is 20.8 Å². The topological polar surface area (TPSA) is 81.6 Å². The fraction of sp³-hybridized carbons (Fsp3) is 0.429. The van der Waals surface area contributed by atoms with E-state index in [9.17, 15) is 9.90 Å². The molecule has 1 aromatic carbocycles. The minimum atomic E-state index is -1.16. The van der Waals surface area contributed by atoms with Gasteiger partial charge in [-0.15, -0.1) is 0 Å². The van der Waals surface area contributed by atoms with E-state index in [1.807, 2.05) is 0 Å². The van der Waals surface area contributed by atoms with Crippen LogP contribution in [0.2, 0.25) is 0 Å². The largest absolute Gasteiger partial charge is 0.507 e. The highest BCUT2D eigenvalue weighted by molar-refractivity contribution is 7.80. The van der Waals surface area contributed by atoms with Gasteiger partial charge in [0, 0.05) is 18.3 Å². The minimum Gasteiger partial charge on any atom is -0.507 e. The highest BCUT2D eigenvalue weighted by atomic mass is 32.1. The zero-order chi connectivity index (χ0) is 15.0. The number of thiocarbonyl (C=S) groups is 1. The molecule has 0 aliphatic heterocycles. The van der Waals surface area contributed by atoms with Crippen LogP contribution in [-0.4, -0.2) is 27.8 Å². The van der Waals surface area contributed by atoms with Crippen molar-refractivity contribution < 1.29 is 15.0 Å². The summed E-state index contributed by atoms with van der Waals surface area (Å²) < 4.78 is 0. The number of anilines is 1. The molecule has 0 spiro atoms. The summed E-state index contributed by atoms with van der Waals surface area (Å²) in [4.78, 5) is 10.8.